The van der Waals surface area contributed by atoms with Gasteiger partial charge >= 0.3 is 24.5 Å². The number of rotatable bonds is 3. The van der Waals surface area contributed by atoms with Gasteiger partial charge in [0.25, 0.3) is 0 Å². The standard InChI is InChI=1S/C24H32F3N3O8/c1-7-15-23(29-30-28,10-24(25,26)27)18-14(5)16(35-20(32)37-18)13(4)9-22(6)17(36-21(33)38-22)11(2)8-12(3)19(31)34-15/h8,11,13-18H,7,9-10H2,1-6H3/b12-8+/t11-,13+,14-,15+,16-,17+,18+,22+,23+/m0/s1. The molecule has 0 aliphatic carbocycles. The smallest absolute Gasteiger partial charge is 0.458 e. The van der Waals surface area contributed by atoms with Crippen molar-refractivity contribution in [1.29, 1.82) is 0 Å². The third-order valence-electron chi connectivity index (χ3n) is 7.58. The van der Waals surface area contributed by atoms with Crippen LogP contribution in [0.4, 0.5) is 22.8 Å². The van der Waals surface area contributed by atoms with Crippen LogP contribution in [0.5, 0.6) is 0 Å². The van der Waals surface area contributed by atoms with Gasteiger partial charge in [0.2, 0.25) is 0 Å². The van der Waals surface area contributed by atoms with Crippen molar-refractivity contribution in [2.75, 3.05) is 0 Å². The first-order valence-electron chi connectivity index (χ1n) is 12.4. The van der Waals surface area contributed by atoms with Gasteiger partial charge in [-0.2, -0.15) is 13.2 Å². The van der Waals surface area contributed by atoms with Crippen molar-refractivity contribution in [1.82, 2.24) is 0 Å². The Morgan fingerprint density at radius 3 is 2.29 bits per heavy atom. The molecule has 9 atom stereocenters. The van der Waals surface area contributed by atoms with E-state index in [2.05, 4.69) is 10.0 Å². The first-order chi connectivity index (χ1) is 17.6. The van der Waals surface area contributed by atoms with Crippen LogP contribution >= 0.6 is 0 Å². The lowest BCUT2D eigenvalue weighted by Gasteiger charge is -2.48. The van der Waals surface area contributed by atoms with Crippen molar-refractivity contribution in [3.05, 3.63) is 22.1 Å². The van der Waals surface area contributed by atoms with Gasteiger partial charge in [-0.25, -0.2) is 14.4 Å². The molecule has 38 heavy (non-hydrogen) atoms. The molecule has 2 saturated heterocycles. The Bertz CT molecular complexity index is 1050. The molecule has 0 radical (unpaired) electrons. The predicted octanol–water partition coefficient (Wildman–Crippen LogP) is 5.77. The van der Waals surface area contributed by atoms with Crippen molar-refractivity contribution < 1.29 is 51.2 Å². The molecule has 0 spiro atoms. The average Bonchev–Trinajstić information content (AvgIpc) is 3.10. The van der Waals surface area contributed by atoms with Crippen molar-refractivity contribution in [3.63, 3.8) is 0 Å². The zero-order valence-corrected chi connectivity index (χ0v) is 22.0. The lowest BCUT2D eigenvalue weighted by Crippen LogP contribution is -2.62. The molecule has 3 aliphatic rings. The zero-order chi connectivity index (χ0) is 28.6. The second-order valence-electron chi connectivity index (χ2n) is 10.6. The fraction of sp³-hybridized carbons (Fsp3) is 0.792. The molecule has 0 unspecified atom stereocenters. The summed E-state index contributed by atoms with van der Waals surface area (Å²) in [6.45, 7) is 9.39. The third-order valence-corrected chi connectivity index (χ3v) is 7.58. The molecule has 0 aromatic carbocycles. The van der Waals surface area contributed by atoms with Gasteiger partial charge in [0.15, 0.2) is 11.7 Å². The van der Waals surface area contributed by atoms with Crippen LogP contribution in [0.2, 0.25) is 0 Å². The van der Waals surface area contributed by atoms with Crippen LogP contribution in [0.25, 0.3) is 10.4 Å². The molecule has 3 aliphatic heterocycles. The highest BCUT2D eigenvalue weighted by molar-refractivity contribution is 5.88. The fourth-order valence-electron chi connectivity index (χ4n) is 6.17. The van der Waals surface area contributed by atoms with Gasteiger partial charge in [0.1, 0.15) is 23.9 Å². The van der Waals surface area contributed by atoms with Gasteiger partial charge in [0, 0.05) is 22.3 Å². The monoisotopic (exact) mass is 547 g/mol. The minimum Gasteiger partial charge on any atom is -0.458 e. The van der Waals surface area contributed by atoms with Crippen molar-refractivity contribution >= 4 is 18.3 Å². The topological polar surface area (TPSA) is 146 Å². The number of esters is 1. The summed E-state index contributed by atoms with van der Waals surface area (Å²) < 4.78 is 69.2. The Morgan fingerprint density at radius 1 is 1.08 bits per heavy atom. The minimum atomic E-state index is -4.89. The number of hydrogen-bond donors (Lipinski definition) is 0. The highest BCUT2D eigenvalue weighted by Gasteiger charge is 2.61. The summed E-state index contributed by atoms with van der Waals surface area (Å²) in [7, 11) is 0. The van der Waals surface area contributed by atoms with Crippen molar-refractivity contribution in [2.24, 2.45) is 22.9 Å². The van der Waals surface area contributed by atoms with E-state index >= 15 is 0 Å². The van der Waals surface area contributed by atoms with Crippen LogP contribution in [0, 0.1) is 17.8 Å². The van der Waals surface area contributed by atoms with Crippen molar-refractivity contribution in [3.8, 4) is 0 Å². The quantitative estimate of drug-likeness (QED) is 0.142. The second-order valence-corrected chi connectivity index (χ2v) is 10.6. The number of cyclic esters (lactones) is 1. The second kappa shape index (κ2) is 10.5. The largest absolute Gasteiger partial charge is 0.509 e. The molecule has 14 heteroatoms. The number of fused-ring (bicyclic) bond motifs is 3. The number of carbonyl (C=O) groups excluding carboxylic acids is 3. The van der Waals surface area contributed by atoms with Crippen LogP contribution in [-0.2, 0) is 28.5 Å². The van der Waals surface area contributed by atoms with E-state index in [0.29, 0.717) is 0 Å². The molecule has 0 amide bonds. The molecule has 0 N–H and O–H groups in total. The zero-order valence-electron chi connectivity index (χ0n) is 22.0. The lowest BCUT2D eigenvalue weighted by atomic mass is 9.71. The van der Waals surface area contributed by atoms with Gasteiger partial charge in [0.05, 0.1) is 6.42 Å². The van der Waals surface area contributed by atoms with Gasteiger partial charge in [-0.3, -0.25) is 0 Å². The van der Waals surface area contributed by atoms with E-state index in [0.717, 1.165) is 0 Å². The van der Waals surface area contributed by atoms with Crippen LogP contribution in [0.1, 0.15) is 60.8 Å². The minimum absolute atomic E-state index is 0.0306. The highest BCUT2D eigenvalue weighted by Crippen LogP contribution is 2.47. The number of halogens is 3. The summed E-state index contributed by atoms with van der Waals surface area (Å²) in [5.41, 5.74) is 5.67. The molecule has 0 saturated carbocycles. The molecule has 3 heterocycles. The van der Waals surface area contributed by atoms with Crippen LogP contribution < -0.4 is 0 Å². The molecular formula is C24H32F3N3O8. The molecule has 11 nitrogen and oxygen atoms in total. The Labute approximate surface area is 217 Å². The van der Waals surface area contributed by atoms with E-state index in [-0.39, 0.29) is 18.4 Å². The lowest BCUT2D eigenvalue weighted by molar-refractivity contribution is -0.204. The van der Waals surface area contributed by atoms with E-state index in [1.54, 1.807) is 20.8 Å². The summed E-state index contributed by atoms with van der Waals surface area (Å²) in [5.74, 6) is -3.06. The molecule has 0 aromatic heterocycles. The summed E-state index contributed by atoms with van der Waals surface area (Å²) in [6, 6.07) is 0. The highest BCUT2D eigenvalue weighted by atomic mass is 19.4. The predicted molar refractivity (Wildman–Crippen MR) is 123 cm³/mol. The van der Waals surface area contributed by atoms with E-state index in [1.807, 2.05) is 0 Å². The number of hydrogen-bond acceptors (Lipinski definition) is 9. The summed E-state index contributed by atoms with van der Waals surface area (Å²) >= 11 is 0. The SMILES string of the molecule is CC[C@H]1OC(=O)/C(C)=C/[C@H](C)[C@H]2OC(=O)O[C@]2(C)C[C@@H](C)[C@@H]2OC(=O)O[C@H]([C@H]2C)[C@]1(CC(F)(F)F)N=[N+]=[N-]. The van der Waals surface area contributed by atoms with Crippen molar-refractivity contribution in [2.45, 2.75) is 103 Å². The summed E-state index contributed by atoms with van der Waals surface area (Å²) in [4.78, 5) is 40.5. The normalized spacial score (nSPS) is 41.4. The van der Waals surface area contributed by atoms with E-state index in [4.69, 9.17) is 23.7 Å². The first kappa shape index (κ1) is 29.4. The molecule has 3 rings (SSSR count). The fourth-order valence-corrected chi connectivity index (χ4v) is 6.17. The molecule has 0 aromatic rings. The Balaban J connectivity index is 2.24. The Hall–Kier alpha value is -3.15. The van der Waals surface area contributed by atoms with Gasteiger partial charge in [-0.05, 0) is 38.1 Å². The van der Waals surface area contributed by atoms with Gasteiger partial charge < -0.3 is 23.7 Å². The van der Waals surface area contributed by atoms with Crippen LogP contribution in [0.15, 0.2) is 16.8 Å². The number of nitrogens with zero attached hydrogens (tertiary/aromatic N) is 3. The number of azide groups is 1. The number of ether oxygens (including phenoxy) is 5. The molecule has 2 bridgehead atoms. The third kappa shape index (κ3) is 5.64. The molecular weight excluding hydrogens is 515 g/mol. The van der Waals surface area contributed by atoms with E-state index < -0.39 is 84.2 Å². The van der Waals surface area contributed by atoms with Crippen LogP contribution in [0.3, 0.4) is 0 Å². The molecule has 212 valence electrons. The summed E-state index contributed by atoms with van der Waals surface area (Å²) in [6.07, 6.45) is -12.5. The van der Waals surface area contributed by atoms with Gasteiger partial charge in [-0.1, -0.05) is 38.9 Å². The molecule has 2 fully saturated rings. The maximum atomic E-state index is 14.0. The van der Waals surface area contributed by atoms with Gasteiger partial charge in [-0.15, -0.1) is 0 Å². The van der Waals surface area contributed by atoms with Crippen LogP contribution in [-0.4, -0.2) is 60.0 Å². The maximum Gasteiger partial charge on any atom is 0.509 e. The summed E-state index contributed by atoms with van der Waals surface area (Å²) in [5, 5.41) is 3.55. The Kier molecular flexibility index (Phi) is 8.16. The first-order valence-corrected chi connectivity index (χ1v) is 12.4. The average molecular weight is 548 g/mol. The number of carbonyl (C=O) groups is 3. The van der Waals surface area contributed by atoms with E-state index in [9.17, 15) is 33.1 Å². The maximum absolute atomic E-state index is 14.0. The number of alkyl halides is 3. The van der Waals surface area contributed by atoms with E-state index in [1.165, 1.54) is 26.8 Å². The Morgan fingerprint density at radius 2 is 1.71 bits per heavy atom.